The van der Waals surface area contributed by atoms with Gasteiger partial charge >= 0.3 is 5.97 Å². The molecule has 4 heteroatoms. The average Bonchev–Trinajstić information content (AvgIpc) is 2.61. The quantitative estimate of drug-likeness (QED) is 0.808. The van der Waals surface area contributed by atoms with Gasteiger partial charge in [0.05, 0.1) is 6.20 Å². The van der Waals surface area contributed by atoms with Crippen LogP contribution in [0.4, 0.5) is 0 Å². The molecule has 4 nitrogen and oxygen atoms in total. The van der Waals surface area contributed by atoms with Crippen LogP contribution in [0.15, 0.2) is 36.5 Å². The van der Waals surface area contributed by atoms with Crippen molar-refractivity contribution in [1.29, 1.82) is 0 Å². The third-order valence-electron chi connectivity index (χ3n) is 2.17. The molecule has 0 saturated carbocycles. The molecule has 0 fully saturated rings. The molecule has 2 aromatic rings. The van der Waals surface area contributed by atoms with E-state index >= 15 is 0 Å². The number of nitrogens with zero attached hydrogens (tertiary/aromatic N) is 2. The summed E-state index contributed by atoms with van der Waals surface area (Å²) in [6.45, 7) is 1.78. The van der Waals surface area contributed by atoms with Crippen molar-refractivity contribution in [3.05, 3.63) is 48.0 Å². The molecule has 0 aliphatic heterocycles. The standard InChI is InChI=1S/C11H10N2O2/c1-8-12-7-10(11(14)15)13(8)9-5-3-2-4-6-9/h2-7H,1H3,(H,14,15). The van der Waals surface area contributed by atoms with E-state index in [0.29, 0.717) is 5.82 Å². The molecule has 2 rings (SSSR count). The maximum absolute atomic E-state index is 10.9. The largest absolute Gasteiger partial charge is 0.477 e. The fourth-order valence-electron chi connectivity index (χ4n) is 1.50. The number of hydrogen-bond donors (Lipinski definition) is 1. The van der Waals surface area contributed by atoms with Gasteiger partial charge in [-0.25, -0.2) is 9.78 Å². The Morgan fingerprint density at radius 3 is 2.60 bits per heavy atom. The molecule has 0 aliphatic rings. The predicted octanol–water partition coefficient (Wildman–Crippen LogP) is 1.88. The van der Waals surface area contributed by atoms with Crippen molar-refractivity contribution in [1.82, 2.24) is 9.55 Å². The van der Waals surface area contributed by atoms with Gasteiger partial charge in [-0.2, -0.15) is 0 Å². The normalized spacial score (nSPS) is 10.2. The van der Waals surface area contributed by atoms with Crippen LogP contribution in [0.1, 0.15) is 16.3 Å². The van der Waals surface area contributed by atoms with Crippen LogP contribution in [0, 0.1) is 6.92 Å². The monoisotopic (exact) mass is 202 g/mol. The Hall–Kier alpha value is -2.10. The molecule has 0 radical (unpaired) electrons. The first-order valence-corrected chi connectivity index (χ1v) is 4.53. The number of hydrogen-bond acceptors (Lipinski definition) is 2. The van der Waals surface area contributed by atoms with E-state index in [1.165, 1.54) is 6.20 Å². The van der Waals surface area contributed by atoms with E-state index in [9.17, 15) is 4.79 Å². The van der Waals surface area contributed by atoms with Gasteiger partial charge in [0.2, 0.25) is 0 Å². The zero-order valence-electron chi connectivity index (χ0n) is 8.21. The minimum absolute atomic E-state index is 0.179. The first-order chi connectivity index (χ1) is 7.20. The second kappa shape index (κ2) is 3.57. The number of aryl methyl sites for hydroxylation is 1. The summed E-state index contributed by atoms with van der Waals surface area (Å²) in [6.07, 6.45) is 1.37. The number of rotatable bonds is 2. The minimum Gasteiger partial charge on any atom is -0.477 e. The summed E-state index contributed by atoms with van der Waals surface area (Å²) in [7, 11) is 0. The third-order valence-corrected chi connectivity index (χ3v) is 2.17. The lowest BCUT2D eigenvalue weighted by Crippen LogP contribution is -2.07. The Kier molecular flexibility index (Phi) is 2.25. The maximum Gasteiger partial charge on any atom is 0.354 e. The number of carboxylic acids is 1. The molecule has 0 atom stereocenters. The van der Waals surface area contributed by atoms with E-state index in [4.69, 9.17) is 5.11 Å². The molecule has 0 bridgehead atoms. The first kappa shape index (κ1) is 9.45. The van der Waals surface area contributed by atoms with E-state index in [2.05, 4.69) is 4.98 Å². The topological polar surface area (TPSA) is 55.1 Å². The molecule has 0 spiro atoms. The smallest absolute Gasteiger partial charge is 0.354 e. The van der Waals surface area contributed by atoms with E-state index in [-0.39, 0.29) is 5.69 Å². The van der Waals surface area contributed by atoms with Crippen molar-refractivity contribution in [2.45, 2.75) is 6.92 Å². The fourth-order valence-corrected chi connectivity index (χ4v) is 1.50. The maximum atomic E-state index is 10.9. The van der Waals surface area contributed by atoms with Gasteiger partial charge in [-0.3, -0.25) is 4.57 Å². The highest BCUT2D eigenvalue weighted by atomic mass is 16.4. The van der Waals surface area contributed by atoms with Crippen LogP contribution in [0.5, 0.6) is 0 Å². The summed E-state index contributed by atoms with van der Waals surface area (Å²) < 4.78 is 1.61. The van der Waals surface area contributed by atoms with E-state index in [1.54, 1.807) is 11.5 Å². The number of aromatic nitrogens is 2. The SMILES string of the molecule is Cc1ncc(C(=O)O)n1-c1ccccc1. The number of benzene rings is 1. The predicted molar refractivity (Wildman–Crippen MR) is 55.3 cm³/mol. The summed E-state index contributed by atoms with van der Waals surface area (Å²) in [5.74, 6) is -0.307. The van der Waals surface area contributed by atoms with E-state index in [1.807, 2.05) is 30.3 Å². The summed E-state index contributed by atoms with van der Waals surface area (Å²) in [5, 5.41) is 8.98. The third kappa shape index (κ3) is 1.61. The van der Waals surface area contributed by atoms with Gasteiger partial charge in [0.15, 0.2) is 5.69 Å². The van der Waals surface area contributed by atoms with Crippen LogP contribution < -0.4 is 0 Å². The van der Waals surface area contributed by atoms with Crippen LogP contribution in [0.3, 0.4) is 0 Å². The van der Waals surface area contributed by atoms with Gasteiger partial charge in [0.25, 0.3) is 0 Å². The first-order valence-electron chi connectivity index (χ1n) is 4.53. The van der Waals surface area contributed by atoms with Crippen molar-refractivity contribution in [2.75, 3.05) is 0 Å². The van der Waals surface area contributed by atoms with E-state index < -0.39 is 5.97 Å². The van der Waals surface area contributed by atoms with Gasteiger partial charge in [0, 0.05) is 5.69 Å². The van der Waals surface area contributed by atoms with Crippen molar-refractivity contribution < 1.29 is 9.90 Å². The highest BCUT2D eigenvalue weighted by Crippen LogP contribution is 2.13. The van der Waals surface area contributed by atoms with Crippen LogP contribution >= 0.6 is 0 Å². The molecule has 76 valence electrons. The molecular formula is C11H10N2O2. The molecule has 1 N–H and O–H groups in total. The van der Waals surface area contributed by atoms with Gasteiger partial charge in [-0.15, -0.1) is 0 Å². The number of para-hydroxylation sites is 1. The summed E-state index contributed by atoms with van der Waals surface area (Å²) in [4.78, 5) is 14.9. The Bertz CT molecular complexity index is 489. The lowest BCUT2D eigenvalue weighted by Gasteiger charge is -2.06. The van der Waals surface area contributed by atoms with Crippen LogP contribution in [-0.2, 0) is 0 Å². The van der Waals surface area contributed by atoms with Gasteiger partial charge in [-0.05, 0) is 19.1 Å². The van der Waals surface area contributed by atoms with Crippen molar-refractivity contribution in [2.24, 2.45) is 0 Å². The summed E-state index contributed by atoms with van der Waals surface area (Å²) in [5.41, 5.74) is 0.989. The number of carboxylic acid groups (broad SMARTS) is 1. The molecular weight excluding hydrogens is 192 g/mol. The summed E-state index contributed by atoms with van der Waals surface area (Å²) in [6, 6.07) is 9.30. The van der Waals surface area contributed by atoms with Crippen LogP contribution in [-0.4, -0.2) is 20.6 Å². The van der Waals surface area contributed by atoms with Crippen molar-refractivity contribution in [3.8, 4) is 5.69 Å². The molecule has 1 aromatic heterocycles. The molecule has 1 heterocycles. The molecule has 0 saturated heterocycles. The minimum atomic E-state index is -0.973. The average molecular weight is 202 g/mol. The highest BCUT2D eigenvalue weighted by Gasteiger charge is 2.13. The summed E-state index contributed by atoms with van der Waals surface area (Å²) >= 11 is 0. The molecule has 0 amide bonds. The van der Waals surface area contributed by atoms with Crippen molar-refractivity contribution >= 4 is 5.97 Å². The zero-order chi connectivity index (χ0) is 10.8. The van der Waals surface area contributed by atoms with Crippen LogP contribution in [0.25, 0.3) is 5.69 Å². The van der Waals surface area contributed by atoms with Gasteiger partial charge in [0.1, 0.15) is 5.82 Å². The van der Waals surface area contributed by atoms with Gasteiger partial charge < -0.3 is 5.11 Å². The molecule has 0 unspecified atom stereocenters. The zero-order valence-corrected chi connectivity index (χ0v) is 8.21. The Morgan fingerprint density at radius 2 is 2.00 bits per heavy atom. The van der Waals surface area contributed by atoms with Crippen LogP contribution in [0.2, 0.25) is 0 Å². The molecule has 1 aromatic carbocycles. The second-order valence-electron chi connectivity index (χ2n) is 3.17. The Morgan fingerprint density at radius 1 is 1.33 bits per heavy atom. The highest BCUT2D eigenvalue weighted by molar-refractivity contribution is 5.86. The fraction of sp³-hybridized carbons (Fsp3) is 0.0909. The lowest BCUT2D eigenvalue weighted by molar-refractivity contribution is 0.0688. The second-order valence-corrected chi connectivity index (χ2v) is 3.17. The number of aromatic carboxylic acids is 1. The van der Waals surface area contributed by atoms with Crippen molar-refractivity contribution in [3.63, 3.8) is 0 Å². The number of imidazole rings is 1. The van der Waals surface area contributed by atoms with E-state index in [0.717, 1.165) is 5.69 Å². The molecule has 15 heavy (non-hydrogen) atoms. The number of carbonyl (C=O) groups is 1. The Balaban J connectivity index is 2.62. The molecule has 0 aliphatic carbocycles. The lowest BCUT2D eigenvalue weighted by atomic mass is 10.3. The Labute approximate surface area is 86.8 Å². The van der Waals surface area contributed by atoms with Gasteiger partial charge in [-0.1, -0.05) is 18.2 Å².